The highest BCUT2D eigenvalue weighted by Gasteiger charge is 2.15. The van der Waals surface area contributed by atoms with E-state index in [0.29, 0.717) is 19.1 Å². The largest absolute Gasteiger partial charge is 0.383 e. The van der Waals surface area contributed by atoms with Crippen molar-refractivity contribution in [1.29, 1.82) is 0 Å². The van der Waals surface area contributed by atoms with E-state index in [-0.39, 0.29) is 11.9 Å². The Morgan fingerprint density at radius 3 is 2.90 bits per heavy atom. The summed E-state index contributed by atoms with van der Waals surface area (Å²) in [5.74, 6) is 0.606. The first kappa shape index (κ1) is 14.3. The zero-order valence-electron chi connectivity index (χ0n) is 12.0. The maximum atomic E-state index is 11.9. The molecule has 0 aliphatic carbocycles. The van der Waals surface area contributed by atoms with Crippen molar-refractivity contribution in [3.8, 4) is 0 Å². The van der Waals surface area contributed by atoms with Crippen molar-refractivity contribution in [1.82, 2.24) is 14.9 Å². The van der Waals surface area contributed by atoms with Crippen LogP contribution in [0.4, 0.5) is 5.95 Å². The number of carbonyl (C=O) groups excluding carboxylic acids is 1. The molecule has 2 rings (SSSR count). The molecule has 0 aliphatic heterocycles. The van der Waals surface area contributed by atoms with Crippen LogP contribution in [0.5, 0.6) is 0 Å². The lowest BCUT2D eigenvalue weighted by atomic mass is 10.3. The van der Waals surface area contributed by atoms with Crippen LogP contribution >= 0.6 is 0 Å². The summed E-state index contributed by atoms with van der Waals surface area (Å²) in [4.78, 5) is 16.4. The molecule has 2 aromatic rings. The number of para-hydroxylation sites is 2. The molecule has 20 heavy (non-hydrogen) atoms. The van der Waals surface area contributed by atoms with Crippen LogP contribution in [-0.4, -0.2) is 41.8 Å². The number of amides is 1. The van der Waals surface area contributed by atoms with Gasteiger partial charge in [0.2, 0.25) is 11.9 Å². The summed E-state index contributed by atoms with van der Waals surface area (Å²) in [6.45, 7) is 2.82. The minimum atomic E-state index is -0.359. The van der Waals surface area contributed by atoms with Crippen molar-refractivity contribution in [3.63, 3.8) is 0 Å². The fourth-order valence-electron chi connectivity index (χ4n) is 1.96. The van der Waals surface area contributed by atoms with Crippen LogP contribution in [0.25, 0.3) is 11.0 Å². The Hall–Kier alpha value is -2.08. The Kier molecular flexibility index (Phi) is 4.57. The number of ether oxygens (including phenoxy) is 1. The Morgan fingerprint density at radius 1 is 1.45 bits per heavy atom. The molecule has 1 unspecified atom stereocenters. The zero-order valence-corrected chi connectivity index (χ0v) is 12.0. The highest BCUT2D eigenvalue weighted by atomic mass is 16.5. The number of benzene rings is 1. The lowest BCUT2D eigenvalue weighted by Crippen LogP contribution is -2.39. The molecule has 2 N–H and O–H groups in total. The summed E-state index contributed by atoms with van der Waals surface area (Å²) in [7, 11) is 3.53. The lowest BCUT2D eigenvalue weighted by molar-refractivity contribution is -0.121. The molecule has 0 fully saturated rings. The number of fused-ring (bicyclic) bond motifs is 1. The van der Waals surface area contributed by atoms with Gasteiger partial charge in [-0.25, -0.2) is 4.98 Å². The second-order valence-electron chi connectivity index (χ2n) is 4.63. The molecule has 1 amide bonds. The molecule has 0 spiro atoms. The topological polar surface area (TPSA) is 68.2 Å². The van der Waals surface area contributed by atoms with E-state index in [2.05, 4.69) is 15.6 Å². The normalized spacial score (nSPS) is 12.3. The minimum absolute atomic E-state index is 0.0749. The Morgan fingerprint density at radius 2 is 2.20 bits per heavy atom. The standard InChI is InChI=1S/C14H20N4O2/c1-10(13(19)15-8-9-20-3)16-14-17-11-6-4-5-7-12(11)18(14)2/h4-7,10H,8-9H2,1-3H3,(H,15,19)(H,16,17). The first-order valence-corrected chi connectivity index (χ1v) is 6.58. The maximum Gasteiger partial charge on any atom is 0.242 e. The predicted octanol–water partition coefficient (Wildman–Crippen LogP) is 1.14. The van der Waals surface area contributed by atoms with E-state index >= 15 is 0 Å². The monoisotopic (exact) mass is 276 g/mol. The third kappa shape index (κ3) is 3.08. The number of anilines is 1. The van der Waals surface area contributed by atoms with Crippen LogP contribution in [-0.2, 0) is 16.6 Å². The van der Waals surface area contributed by atoms with E-state index in [1.807, 2.05) is 42.8 Å². The fourth-order valence-corrected chi connectivity index (χ4v) is 1.96. The van der Waals surface area contributed by atoms with E-state index in [0.717, 1.165) is 11.0 Å². The van der Waals surface area contributed by atoms with Crippen LogP contribution in [0.3, 0.4) is 0 Å². The Bertz CT molecular complexity index is 594. The molecule has 6 nitrogen and oxygen atoms in total. The summed E-state index contributed by atoms with van der Waals surface area (Å²) >= 11 is 0. The highest BCUT2D eigenvalue weighted by molar-refractivity contribution is 5.85. The number of aryl methyl sites for hydroxylation is 1. The maximum absolute atomic E-state index is 11.9. The molecule has 1 aromatic carbocycles. The van der Waals surface area contributed by atoms with Gasteiger partial charge in [0, 0.05) is 20.7 Å². The van der Waals surface area contributed by atoms with Gasteiger partial charge in [0.05, 0.1) is 17.6 Å². The second-order valence-corrected chi connectivity index (χ2v) is 4.63. The summed E-state index contributed by atoms with van der Waals surface area (Å²) in [5, 5.41) is 5.92. The predicted molar refractivity (Wildman–Crippen MR) is 78.7 cm³/mol. The number of carbonyl (C=O) groups is 1. The molecule has 1 atom stereocenters. The molecule has 6 heteroatoms. The van der Waals surface area contributed by atoms with Gasteiger partial charge in [0.15, 0.2) is 0 Å². The summed E-state index contributed by atoms with van der Waals surface area (Å²) in [6, 6.07) is 7.50. The van der Waals surface area contributed by atoms with E-state index in [1.165, 1.54) is 0 Å². The van der Waals surface area contributed by atoms with Crippen LogP contribution in [0.2, 0.25) is 0 Å². The van der Waals surface area contributed by atoms with Crippen molar-refractivity contribution < 1.29 is 9.53 Å². The van der Waals surface area contributed by atoms with Crippen LogP contribution < -0.4 is 10.6 Å². The minimum Gasteiger partial charge on any atom is -0.383 e. The number of hydrogen-bond acceptors (Lipinski definition) is 4. The summed E-state index contributed by atoms with van der Waals surface area (Å²) < 4.78 is 6.84. The van der Waals surface area contributed by atoms with Gasteiger partial charge in [0.25, 0.3) is 0 Å². The van der Waals surface area contributed by atoms with Gasteiger partial charge in [0.1, 0.15) is 6.04 Å². The van der Waals surface area contributed by atoms with Crippen molar-refractivity contribution in [2.75, 3.05) is 25.6 Å². The zero-order chi connectivity index (χ0) is 14.5. The number of nitrogens with one attached hydrogen (secondary N) is 2. The number of nitrogens with zero attached hydrogens (tertiary/aromatic N) is 2. The van der Waals surface area contributed by atoms with Crippen molar-refractivity contribution in [2.45, 2.75) is 13.0 Å². The molecule has 0 saturated heterocycles. The average molecular weight is 276 g/mol. The number of methoxy groups -OCH3 is 1. The molecule has 0 aliphatic rings. The summed E-state index contributed by atoms with van der Waals surface area (Å²) in [5.41, 5.74) is 1.94. The summed E-state index contributed by atoms with van der Waals surface area (Å²) in [6.07, 6.45) is 0. The number of imidazole rings is 1. The number of hydrogen-bond donors (Lipinski definition) is 2. The van der Waals surface area contributed by atoms with Crippen LogP contribution in [0.1, 0.15) is 6.92 Å². The lowest BCUT2D eigenvalue weighted by Gasteiger charge is -2.14. The van der Waals surface area contributed by atoms with Gasteiger partial charge in [-0.1, -0.05) is 12.1 Å². The Labute approximate surface area is 118 Å². The molecule has 108 valence electrons. The quantitative estimate of drug-likeness (QED) is 0.776. The molecule has 1 heterocycles. The van der Waals surface area contributed by atoms with Gasteiger partial charge >= 0.3 is 0 Å². The SMILES string of the molecule is COCCNC(=O)C(C)Nc1nc2ccccc2n1C. The smallest absolute Gasteiger partial charge is 0.242 e. The molecular weight excluding hydrogens is 256 g/mol. The molecule has 0 bridgehead atoms. The van der Waals surface area contributed by atoms with Gasteiger partial charge in [-0.05, 0) is 19.1 Å². The van der Waals surface area contributed by atoms with Crippen LogP contribution in [0.15, 0.2) is 24.3 Å². The average Bonchev–Trinajstić information content (AvgIpc) is 2.76. The van der Waals surface area contributed by atoms with Crippen molar-refractivity contribution >= 4 is 22.9 Å². The Balaban J connectivity index is 2.04. The van der Waals surface area contributed by atoms with Gasteiger partial charge in [-0.3, -0.25) is 4.79 Å². The first-order chi connectivity index (χ1) is 9.63. The number of aromatic nitrogens is 2. The van der Waals surface area contributed by atoms with Gasteiger partial charge < -0.3 is 19.9 Å². The fraction of sp³-hybridized carbons (Fsp3) is 0.429. The van der Waals surface area contributed by atoms with Crippen LogP contribution in [0, 0.1) is 0 Å². The molecule has 1 aromatic heterocycles. The van der Waals surface area contributed by atoms with E-state index in [1.54, 1.807) is 7.11 Å². The third-order valence-corrected chi connectivity index (χ3v) is 3.13. The van der Waals surface area contributed by atoms with E-state index < -0.39 is 0 Å². The van der Waals surface area contributed by atoms with Crippen molar-refractivity contribution in [3.05, 3.63) is 24.3 Å². The van der Waals surface area contributed by atoms with E-state index in [4.69, 9.17) is 4.74 Å². The number of rotatable bonds is 6. The second kappa shape index (κ2) is 6.38. The van der Waals surface area contributed by atoms with Gasteiger partial charge in [-0.15, -0.1) is 0 Å². The molecular formula is C14H20N4O2. The van der Waals surface area contributed by atoms with E-state index in [9.17, 15) is 4.79 Å². The molecule has 0 radical (unpaired) electrons. The van der Waals surface area contributed by atoms with Crippen molar-refractivity contribution in [2.24, 2.45) is 7.05 Å². The first-order valence-electron chi connectivity index (χ1n) is 6.58. The van der Waals surface area contributed by atoms with Gasteiger partial charge in [-0.2, -0.15) is 0 Å². The molecule has 0 saturated carbocycles. The third-order valence-electron chi connectivity index (χ3n) is 3.13. The highest BCUT2D eigenvalue weighted by Crippen LogP contribution is 2.17.